The third kappa shape index (κ3) is 5.51. The lowest BCUT2D eigenvalue weighted by molar-refractivity contribution is 0.769. The Balaban J connectivity index is 1.03. The summed E-state index contributed by atoms with van der Waals surface area (Å²) < 4.78 is 4.91. The Hall–Kier alpha value is -8.72. The third-order valence-electron chi connectivity index (χ3n) is 14.6. The van der Waals surface area contributed by atoms with Gasteiger partial charge in [-0.2, -0.15) is 0 Å². The van der Waals surface area contributed by atoms with Gasteiger partial charge in [0.2, 0.25) is 0 Å². The van der Waals surface area contributed by atoms with Gasteiger partial charge >= 0.3 is 0 Å². The fourth-order valence-electron chi connectivity index (χ4n) is 11.7. The second kappa shape index (κ2) is 14.7. The summed E-state index contributed by atoms with van der Waals surface area (Å²) in [7, 11) is 0. The van der Waals surface area contributed by atoms with E-state index in [1.54, 1.807) is 0 Å². The van der Waals surface area contributed by atoms with Gasteiger partial charge in [-0.3, -0.25) is 0 Å². The van der Waals surface area contributed by atoms with Crippen molar-refractivity contribution in [2.24, 2.45) is 0 Å². The molecule has 0 saturated carbocycles. The lowest BCUT2D eigenvalue weighted by atomic mass is 9.67. The zero-order chi connectivity index (χ0) is 44.1. The largest absolute Gasteiger partial charge is 0.309 e. The first-order chi connectivity index (χ1) is 33.2. The van der Waals surface area contributed by atoms with Crippen LogP contribution in [0.15, 0.2) is 255 Å². The monoisotopic (exact) mass is 850 g/mol. The third-order valence-corrected chi connectivity index (χ3v) is 14.6. The number of rotatable bonds is 6. The predicted octanol–water partition coefficient (Wildman–Crippen LogP) is 16.7. The van der Waals surface area contributed by atoms with Gasteiger partial charge in [0, 0.05) is 32.9 Å². The minimum Gasteiger partial charge on any atom is -0.309 e. The molecule has 0 saturated heterocycles. The van der Waals surface area contributed by atoms with Gasteiger partial charge < -0.3 is 9.13 Å². The van der Waals surface area contributed by atoms with Gasteiger partial charge in [0.05, 0.1) is 27.5 Å². The molecule has 1 aliphatic rings. The molecule has 2 nitrogen and oxygen atoms in total. The van der Waals surface area contributed by atoms with Crippen LogP contribution in [0.4, 0.5) is 0 Å². The highest BCUT2D eigenvalue weighted by Gasteiger charge is 2.47. The van der Waals surface area contributed by atoms with Crippen molar-refractivity contribution < 1.29 is 0 Å². The molecular weight excluding hydrogens is 809 g/mol. The number of benzene rings is 11. The van der Waals surface area contributed by atoms with Crippen molar-refractivity contribution in [1.29, 1.82) is 0 Å². The maximum absolute atomic E-state index is 2.48. The molecule has 0 amide bonds. The van der Waals surface area contributed by atoms with E-state index in [-0.39, 0.29) is 0 Å². The van der Waals surface area contributed by atoms with Gasteiger partial charge in [-0.25, -0.2) is 0 Å². The van der Waals surface area contributed by atoms with E-state index < -0.39 is 5.41 Å². The maximum Gasteiger partial charge on any atom is 0.0713 e. The minimum atomic E-state index is -0.504. The Morgan fingerprint density at radius 2 is 0.806 bits per heavy atom. The highest BCUT2D eigenvalue weighted by Crippen LogP contribution is 2.59. The second-order valence-corrected chi connectivity index (χ2v) is 18.0. The molecule has 0 unspecified atom stereocenters. The summed E-state index contributed by atoms with van der Waals surface area (Å²) in [6.45, 7) is 0. The van der Waals surface area contributed by atoms with Gasteiger partial charge in [0.1, 0.15) is 0 Å². The van der Waals surface area contributed by atoms with Crippen LogP contribution in [0.1, 0.15) is 22.3 Å². The summed E-state index contributed by atoms with van der Waals surface area (Å²) in [6, 6.07) is 94.4. The molecule has 312 valence electrons. The summed E-state index contributed by atoms with van der Waals surface area (Å²) >= 11 is 0. The zero-order valence-electron chi connectivity index (χ0n) is 36.6. The smallest absolute Gasteiger partial charge is 0.0713 e. The Bertz CT molecular complexity index is 4020. The summed E-state index contributed by atoms with van der Waals surface area (Å²) in [5, 5.41) is 7.49. The molecule has 0 spiro atoms. The van der Waals surface area contributed by atoms with Crippen LogP contribution in [-0.4, -0.2) is 9.13 Å². The van der Waals surface area contributed by atoms with Crippen LogP contribution in [0.2, 0.25) is 0 Å². The minimum absolute atomic E-state index is 0.504. The van der Waals surface area contributed by atoms with Crippen LogP contribution in [0.3, 0.4) is 0 Å². The molecular formula is C65H42N2. The van der Waals surface area contributed by atoms with Crippen molar-refractivity contribution in [3.63, 3.8) is 0 Å². The summed E-state index contributed by atoms with van der Waals surface area (Å²) in [5.74, 6) is 0. The van der Waals surface area contributed by atoms with Crippen LogP contribution in [-0.2, 0) is 5.41 Å². The van der Waals surface area contributed by atoms with Gasteiger partial charge in [-0.05, 0) is 127 Å². The van der Waals surface area contributed by atoms with Gasteiger partial charge in [0.15, 0.2) is 0 Å². The highest BCUT2D eigenvalue weighted by atomic mass is 15.0. The highest BCUT2D eigenvalue weighted by molar-refractivity contribution is 6.19. The molecule has 13 aromatic rings. The summed E-state index contributed by atoms with van der Waals surface area (Å²) in [6.07, 6.45) is 0. The van der Waals surface area contributed by atoms with E-state index in [0.717, 1.165) is 5.69 Å². The molecule has 0 aliphatic heterocycles. The first-order valence-corrected chi connectivity index (χ1v) is 23.3. The van der Waals surface area contributed by atoms with Gasteiger partial charge in [0.25, 0.3) is 0 Å². The van der Waals surface area contributed by atoms with E-state index in [1.807, 2.05) is 0 Å². The topological polar surface area (TPSA) is 9.86 Å². The second-order valence-electron chi connectivity index (χ2n) is 18.0. The molecule has 0 radical (unpaired) electrons. The van der Waals surface area contributed by atoms with Gasteiger partial charge in [-0.15, -0.1) is 0 Å². The van der Waals surface area contributed by atoms with Crippen LogP contribution in [0.25, 0.3) is 99.1 Å². The molecule has 0 N–H and O–H groups in total. The number of hydrogen-bond acceptors (Lipinski definition) is 0. The normalized spacial score (nSPS) is 12.9. The van der Waals surface area contributed by atoms with Crippen molar-refractivity contribution in [1.82, 2.24) is 9.13 Å². The SMILES string of the molecule is c1ccc(-c2ccc(-n3c4ccc(-c5ccc6c(c5)c5ccccc5n6-c5ccc6ccccc6c5)cc4c4c5c(ccc43)C(c3ccccc3)(c3ccccc3)c3ccccc3-5)cc2)cc1. The Labute approximate surface area is 388 Å². The molecule has 67 heavy (non-hydrogen) atoms. The molecule has 2 heteroatoms. The number of fused-ring (bicyclic) bond motifs is 11. The van der Waals surface area contributed by atoms with E-state index in [0.29, 0.717) is 0 Å². The first-order valence-electron chi connectivity index (χ1n) is 23.3. The van der Waals surface area contributed by atoms with Crippen molar-refractivity contribution in [2.75, 3.05) is 0 Å². The number of hydrogen-bond donors (Lipinski definition) is 0. The molecule has 11 aromatic carbocycles. The summed E-state index contributed by atoms with van der Waals surface area (Å²) in [4.78, 5) is 0. The fourth-order valence-corrected chi connectivity index (χ4v) is 11.7. The average Bonchev–Trinajstić information content (AvgIpc) is 4.03. The van der Waals surface area contributed by atoms with Crippen molar-refractivity contribution >= 4 is 54.4 Å². The van der Waals surface area contributed by atoms with Crippen LogP contribution in [0, 0.1) is 0 Å². The molecule has 0 fully saturated rings. The molecule has 14 rings (SSSR count). The van der Waals surface area contributed by atoms with Gasteiger partial charge in [-0.1, -0.05) is 194 Å². The first kappa shape index (κ1) is 37.6. The molecule has 2 heterocycles. The van der Waals surface area contributed by atoms with E-state index in [2.05, 4.69) is 264 Å². The van der Waals surface area contributed by atoms with Crippen molar-refractivity contribution in [2.45, 2.75) is 5.41 Å². The molecule has 2 aromatic heterocycles. The maximum atomic E-state index is 2.48. The van der Waals surface area contributed by atoms with Crippen molar-refractivity contribution in [3.05, 3.63) is 277 Å². The Morgan fingerprint density at radius 1 is 0.284 bits per heavy atom. The van der Waals surface area contributed by atoms with E-state index in [1.165, 1.54) is 116 Å². The fraction of sp³-hybridized carbons (Fsp3) is 0.0154. The number of aromatic nitrogens is 2. The number of para-hydroxylation sites is 1. The molecule has 1 aliphatic carbocycles. The number of nitrogens with zero attached hydrogens (tertiary/aromatic N) is 2. The lowest BCUT2D eigenvalue weighted by Gasteiger charge is -2.33. The summed E-state index contributed by atoms with van der Waals surface area (Å²) in [5.41, 5.74) is 19.1. The quantitative estimate of drug-likeness (QED) is 0.158. The van der Waals surface area contributed by atoms with E-state index in [9.17, 15) is 0 Å². The average molecular weight is 851 g/mol. The Morgan fingerprint density at radius 3 is 1.55 bits per heavy atom. The molecule has 0 bridgehead atoms. The standard InChI is InChI=1S/C65H42N2/c1-4-16-43(17-5-1)45-28-33-51(34-29-45)66-61-38-32-48(47-31-37-60-55(41-47)53-24-13-15-27-59(53)67(60)52-35-30-44-18-10-11-19-46(44)40-52)42-56(61)64-62(66)39-36-58-63(64)54-25-12-14-26-57(54)65(58,49-20-6-2-7-21-49)50-22-8-3-9-23-50/h1-42H. The van der Waals surface area contributed by atoms with E-state index in [4.69, 9.17) is 0 Å². The van der Waals surface area contributed by atoms with E-state index >= 15 is 0 Å². The predicted molar refractivity (Wildman–Crippen MR) is 281 cm³/mol. The Kier molecular flexibility index (Phi) is 8.23. The van der Waals surface area contributed by atoms with Crippen LogP contribution in [0.5, 0.6) is 0 Å². The van der Waals surface area contributed by atoms with Crippen LogP contribution >= 0.6 is 0 Å². The lowest BCUT2D eigenvalue weighted by Crippen LogP contribution is -2.28. The zero-order valence-corrected chi connectivity index (χ0v) is 36.6. The van der Waals surface area contributed by atoms with Crippen LogP contribution < -0.4 is 0 Å². The molecule has 0 atom stereocenters. The van der Waals surface area contributed by atoms with Crippen molar-refractivity contribution in [3.8, 4) is 44.8 Å².